The molecule has 0 aliphatic heterocycles. The molecule has 0 aliphatic rings. The van der Waals surface area contributed by atoms with Crippen LogP contribution in [0.5, 0.6) is 0 Å². The number of aryl methyl sites for hydroxylation is 1. The molecule has 3 nitrogen and oxygen atoms in total. The molecule has 0 radical (unpaired) electrons. The molecule has 0 saturated carbocycles. The summed E-state index contributed by atoms with van der Waals surface area (Å²) >= 11 is 0. The van der Waals surface area contributed by atoms with Crippen LogP contribution in [0.2, 0.25) is 0 Å². The molecule has 0 spiro atoms. The Morgan fingerprint density at radius 3 is 2.36 bits per heavy atom. The van der Waals surface area contributed by atoms with Crippen molar-refractivity contribution in [1.82, 2.24) is 0 Å². The Labute approximate surface area is 84.5 Å². The average Bonchev–Trinajstić information content (AvgIpc) is 2.03. The fraction of sp³-hybridized carbons (Fsp3) is 0.400. The molecule has 14 heavy (non-hydrogen) atoms. The molecule has 0 heterocycles. The summed E-state index contributed by atoms with van der Waals surface area (Å²) in [5.41, 5.74) is 0.839. The SMILES string of the molecule is CCOP(C)(O)(O)c1ccccc1C. The van der Waals surface area contributed by atoms with Crippen LogP contribution in [0.1, 0.15) is 12.5 Å². The van der Waals surface area contributed by atoms with Crippen LogP contribution in [0, 0.1) is 6.92 Å². The second kappa shape index (κ2) is 3.59. The molecule has 80 valence electrons. The fourth-order valence-corrected chi connectivity index (χ4v) is 3.59. The number of rotatable bonds is 3. The van der Waals surface area contributed by atoms with Crippen LogP contribution in [-0.4, -0.2) is 23.1 Å². The van der Waals surface area contributed by atoms with Gasteiger partial charge in [0, 0.05) is 0 Å². The van der Waals surface area contributed by atoms with Crippen molar-refractivity contribution < 1.29 is 14.3 Å². The minimum absolute atomic E-state index is 0.287. The first-order chi connectivity index (χ1) is 6.35. The summed E-state index contributed by atoms with van der Waals surface area (Å²) in [6, 6.07) is 7.17. The number of benzene rings is 1. The second-order valence-electron chi connectivity index (χ2n) is 3.55. The van der Waals surface area contributed by atoms with E-state index < -0.39 is 7.28 Å². The Bertz CT molecular complexity index is 328. The van der Waals surface area contributed by atoms with E-state index >= 15 is 0 Å². The molecule has 4 heteroatoms. The first-order valence-corrected chi connectivity index (χ1v) is 7.08. The molecule has 0 saturated heterocycles. The normalized spacial score (nSPS) is 14.8. The quantitative estimate of drug-likeness (QED) is 0.754. The molecular formula is C10H17O3P. The van der Waals surface area contributed by atoms with E-state index in [1.165, 1.54) is 6.66 Å². The number of hydrogen-bond acceptors (Lipinski definition) is 3. The summed E-state index contributed by atoms with van der Waals surface area (Å²) in [4.78, 5) is 20.2. The maximum atomic E-state index is 10.1. The Hall–Kier alpha value is -0.470. The summed E-state index contributed by atoms with van der Waals surface area (Å²) in [5, 5.41) is 0.500. The van der Waals surface area contributed by atoms with Gasteiger partial charge in [0.15, 0.2) is 0 Å². The molecule has 1 aromatic rings. The first kappa shape index (κ1) is 11.6. The zero-order valence-corrected chi connectivity index (χ0v) is 9.66. The van der Waals surface area contributed by atoms with Crippen LogP contribution >= 0.6 is 7.28 Å². The van der Waals surface area contributed by atoms with Gasteiger partial charge in [-0.2, -0.15) is 0 Å². The third-order valence-electron chi connectivity index (χ3n) is 2.11. The molecule has 1 aromatic carbocycles. The van der Waals surface area contributed by atoms with Crippen LogP contribution in [-0.2, 0) is 4.52 Å². The summed E-state index contributed by atoms with van der Waals surface area (Å²) in [7, 11) is -4.09. The Morgan fingerprint density at radius 1 is 1.29 bits per heavy atom. The van der Waals surface area contributed by atoms with Gasteiger partial charge in [0.05, 0.1) is 0 Å². The van der Waals surface area contributed by atoms with Gasteiger partial charge < -0.3 is 0 Å². The third-order valence-corrected chi connectivity index (χ3v) is 4.60. The Balaban J connectivity index is 3.21. The predicted molar refractivity (Wildman–Crippen MR) is 59.7 cm³/mol. The van der Waals surface area contributed by atoms with Crippen LogP contribution in [0.15, 0.2) is 24.3 Å². The van der Waals surface area contributed by atoms with E-state index in [4.69, 9.17) is 4.52 Å². The molecule has 0 aromatic heterocycles. The topological polar surface area (TPSA) is 49.7 Å². The molecule has 0 atom stereocenters. The van der Waals surface area contributed by atoms with E-state index in [0.29, 0.717) is 5.30 Å². The van der Waals surface area contributed by atoms with Crippen LogP contribution in [0.25, 0.3) is 0 Å². The van der Waals surface area contributed by atoms with Crippen molar-refractivity contribution >= 4 is 12.6 Å². The van der Waals surface area contributed by atoms with Crippen LogP contribution in [0.3, 0.4) is 0 Å². The average molecular weight is 216 g/mol. The summed E-state index contributed by atoms with van der Waals surface area (Å²) in [6.45, 7) is 5.24. The van der Waals surface area contributed by atoms with E-state index in [0.717, 1.165) is 5.56 Å². The van der Waals surface area contributed by atoms with Crippen molar-refractivity contribution in [3.05, 3.63) is 29.8 Å². The minimum atomic E-state index is -4.09. The third kappa shape index (κ3) is 2.31. The van der Waals surface area contributed by atoms with Crippen molar-refractivity contribution in [3.8, 4) is 0 Å². The molecule has 0 amide bonds. The number of hydrogen-bond donors (Lipinski definition) is 2. The van der Waals surface area contributed by atoms with Crippen LogP contribution < -0.4 is 5.30 Å². The molecule has 2 N–H and O–H groups in total. The summed E-state index contributed by atoms with van der Waals surface area (Å²) < 4.78 is 5.13. The molecule has 0 fully saturated rings. The van der Waals surface area contributed by atoms with E-state index in [9.17, 15) is 9.79 Å². The first-order valence-electron chi connectivity index (χ1n) is 4.58. The van der Waals surface area contributed by atoms with Gasteiger partial charge in [0.25, 0.3) is 0 Å². The maximum absolute atomic E-state index is 10.1. The van der Waals surface area contributed by atoms with Crippen molar-refractivity contribution in [1.29, 1.82) is 0 Å². The van der Waals surface area contributed by atoms with Gasteiger partial charge in [-0.3, -0.25) is 0 Å². The standard InChI is InChI=1S/C10H17O3P/c1-4-13-14(3,11,12)10-8-6-5-7-9(10)2/h5-8,11-12H,4H2,1-3H3. The summed E-state index contributed by atoms with van der Waals surface area (Å²) in [5.74, 6) is 0. The van der Waals surface area contributed by atoms with E-state index in [1.54, 1.807) is 19.1 Å². The monoisotopic (exact) mass is 216 g/mol. The van der Waals surface area contributed by atoms with Crippen molar-refractivity contribution in [2.24, 2.45) is 0 Å². The Kier molecular flexibility index (Phi) is 2.98. The van der Waals surface area contributed by atoms with Crippen molar-refractivity contribution in [2.75, 3.05) is 13.3 Å². The van der Waals surface area contributed by atoms with Gasteiger partial charge in [-0.15, -0.1) is 0 Å². The molecule has 1 rings (SSSR count). The van der Waals surface area contributed by atoms with Gasteiger partial charge >= 0.3 is 83.8 Å². The summed E-state index contributed by atoms with van der Waals surface area (Å²) in [6.07, 6.45) is 0. The van der Waals surface area contributed by atoms with E-state index in [1.807, 2.05) is 19.1 Å². The van der Waals surface area contributed by atoms with Crippen LogP contribution in [0.4, 0.5) is 0 Å². The molecule has 0 aliphatic carbocycles. The van der Waals surface area contributed by atoms with Gasteiger partial charge in [0.1, 0.15) is 0 Å². The zero-order chi connectivity index (χ0) is 10.8. The van der Waals surface area contributed by atoms with E-state index in [2.05, 4.69) is 0 Å². The zero-order valence-electron chi connectivity index (χ0n) is 8.77. The Morgan fingerprint density at radius 2 is 1.86 bits per heavy atom. The van der Waals surface area contributed by atoms with E-state index in [-0.39, 0.29) is 6.61 Å². The van der Waals surface area contributed by atoms with Gasteiger partial charge in [0.2, 0.25) is 0 Å². The van der Waals surface area contributed by atoms with Gasteiger partial charge in [-0.1, -0.05) is 0 Å². The molecule has 0 bridgehead atoms. The predicted octanol–water partition coefficient (Wildman–Crippen LogP) is 1.57. The molecule has 0 unspecified atom stereocenters. The van der Waals surface area contributed by atoms with Gasteiger partial charge in [-0.25, -0.2) is 0 Å². The van der Waals surface area contributed by atoms with Crippen molar-refractivity contribution in [2.45, 2.75) is 13.8 Å². The van der Waals surface area contributed by atoms with Gasteiger partial charge in [-0.05, 0) is 0 Å². The van der Waals surface area contributed by atoms with Crippen molar-refractivity contribution in [3.63, 3.8) is 0 Å². The fourth-order valence-electron chi connectivity index (χ4n) is 1.52. The second-order valence-corrected chi connectivity index (χ2v) is 6.99. The molecular weight excluding hydrogens is 199 g/mol.